The van der Waals surface area contributed by atoms with E-state index in [1.807, 2.05) is 25.1 Å². The second-order valence-corrected chi connectivity index (χ2v) is 3.21. The van der Waals surface area contributed by atoms with Crippen LogP contribution < -0.4 is 5.73 Å². The number of benzene rings is 1. The van der Waals surface area contributed by atoms with Crippen molar-refractivity contribution in [2.24, 2.45) is 0 Å². The normalized spacial score (nSPS) is 10.4. The van der Waals surface area contributed by atoms with E-state index in [1.165, 1.54) is 5.56 Å². The number of rotatable bonds is 2. The summed E-state index contributed by atoms with van der Waals surface area (Å²) in [7, 11) is 0. The molecule has 2 aromatic rings. The Morgan fingerprint density at radius 1 is 1.43 bits per heavy atom. The van der Waals surface area contributed by atoms with E-state index < -0.39 is 0 Å². The second-order valence-electron chi connectivity index (χ2n) is 3.21. The van der Waals surface area contributed by atoms with Crippen molar-refractivity contribution in [3.05, 3.63) is 41.2 Å². The van der Waals surface area contributed by atoms with Crippen LogP contribution in [0.25, 0.3) is 0 Å². The van der Waals surface area contributed by atoms with Crippen LogP contribution in [0.1, 0.15) is 17.0 Å². The van der Waals surface area contributed by atoms with Gasteiger partial charge in [-0.25, -0.2) is 0 Å². The Morgan fingerprint density at radius 2 is 2.29 bits per heavy atom. The highest BCUT2D eigenvalue weighted by Crippen LogP contribution is 2.09. The highest BCUT2D eigenvalue weighted by molar-refractivity contribution is 5.25. The minimum Gasteiger partial charge on any atom is -0.351 e. The molecule has 1 aromatic heterocycles. The van der Waals surface area contributed by atoms with E-state index >= 15 is 0 Å². The lowest BCUT2D eigenvalue weighted by Crippen LogP contribution is -1.91. The standard InChI is InChI=1S/C10H11N3O/c1-7-3-2-4-8(5-7)6-9-12-10(11)14-13-9/h2-5H,6H2,1H3,(H2,11,12,13). The quantitative estimate of drug-likeness (QED) is 0.778. The first-order chi connectivity index (χ1) is 6.74. The molecule has 0 bridgehead atoms. The molecule has 0 aliphatic carbocycles. The highest BCUT2D eigenvalue weighted by Gasteiger charge is 2.03. The molecule has 1 aromatic carbocycles. The van der Waals surface area contributed by atoms with Gasteiger partial charge < -0.3 is 10.3 Å². The molecule has 14 heavy (non-hydrogen) atoms. The van der Waals surface area contributed by atoms with Crippen molar-refractivity contribution in [3.8, 4) is 0 Å². The molecule has 0 atom stereocenters. The number of nitrogens with zero attached hydrogens (tertiary/aromatic N) is 2. The van der Waals surface area contributed by atoms with Gasteiger partial charge in [0.1, 0.15) is 0 Å². The minimum absolute atomic E-state index is 0.118. The number of nitrogen functional groups attached to an aromatic ring is 1. The van der Waals surface area contributed by atoms with Gasteiger partial charge in [-0.2, -0.15) is 4.98 Å². The van der Waals surface area contributed by atoms with Crippen LogP contribution in [0, 0.1) is 6.92 Å². The largest absolute Gasteiger partial charge is 0.351 e. The molecule has 2 rings (SSSR count). The summed E-state index contributed by atoms with van der Waals surface area (Å²) < 4.78 is 4.68. The van der Waals surface area contributed by atoms with E-state index in [9.17, 15) is 0 Å². The van der Waals surface area contributed by atoms with E-state index in [1.54, 1.807) is 0 Å². The molecule has 72 valence electrons. The topological polar surface area (TPSA) is 64.9 Å². The summed E-state index contributed by atoms with van der Waals surface area (Å²) >= 11 is 0. The Morgan fingerprint density at radius 3 is 2.93 bits per heavy atom. The summed E-state index contributed by atoms with van der Waals surface area (Å²) in [5, 5.41) is 3.73. The number of nitrogens with two attached hydrogens (primary N) is 1. The number of anilines is 1. The maximum Gasteiger partial charge on any atom is 0.318 e. The Kier molecular flexibility index (Phi) is 2.18. The second kappa shape index (κ2) is 3.49. The first-order valence-electron chi connectivity index (χ1n) is 4.37. The van der Waals surface area contributed by atoms with Crippen molar-refractivity contribution in [1.29, 1.82) is 0 Å². The Labute approximate surface area is 81.7 Å². The third-order valence-electron chi connectivity index (χ3n) is 1.93. The third-order valence-corrected chi connectivity index (χ3v) is 1.93. The van der Waals surface area contributed by atoms with Crippen LogP contribution in [0.5, 0.6) is 0 Å². The maximum atomic E-state index is 5.32. The van der Waals surface area contributed by atoms with Gasteiger partial charge in [0.2, 0.25) is 0 Å². The average Bonchev–Trinajstić information content (AvgIpc) is 2.51. The van der Waals surface area contributed by atoms with E-state index in [-0.39, 0.29) is 6.01 Å². The highest BCUT2D eigenvalue weighted by atomic mass is 16.5. The molecule has 0 amide bonds. The molecule has 0 spiro atoms. The molecule has 1 heterocycles. The van der Waals surface area contributed by atoms with Crippen LogP contribution in [0.4, 0.5) is 6.01 Å². The molecular formula is C10H11N3O. The van der Waals surface area contributed by atoms with Crippen molar-refractivity contribution in [2.45, 2.75) is 13.3 Å². The van der Waals surface area contributed by atoms with Crippen LogP contribution >= 0.6 is 0 Å². The van der Waals surface area contributed by atoms with Crippen molar-refractivity contribution in [2.75, 3.05) is 5.73 Å². The lowest BCUT2D eigenvalue weighted by atomic mass is 10.1. The number of hydrogen-bond acceptors (Lipinski definition) is 4. The van der Waals surface area contributed by atoms with E-state index in [2.05, 4.69) is 20.7 Å². The minimum atomic E-state index is 0.118. The van der Waals surface area contributed by atoms with Gasteiger partial charge in [-0.05, 0) is 12.5 Å². The fraction of sp³-hybridized carbons (Fsp3) is 0.200. The lowest BCUT2D eigenvalue weighted by Gasteiger charge is -1.97. The first kappa shape index (κ1) is 8.74. The molecule has 0 saturated carbocycles. The smallest absolute Gasteiger partial charge is 0.318 e. The van der Waals surface area contributed by atoms with Gasteiger partial charge in [0, 0.05) is 6.42 Å². The van der Waals surface area contributed by atoms with Crippen molar-refractivity contribution in [1.82, 2.24) is 10.1 Å². The van der Waals surface area contributed by atoms with Crippen LogP contribution in [-0.4, -0.2) is 10.1 Å². The first-order valence-corrected chi connectivity index (χ1v) is 4.37. The van der Waals surface area contributed by atoms with Crippen LogP contribution in [-0.2, 0) is 6.42 Å². The van der Waals surface area contributed by atoms with E-state index in [0.717, 1.165) is 5.56 Å². The monoisotopic (exact) mass is 189 g/mol. The van der Waals surface area contributed by atoms with Crippen LogP contribution in [0.15, 0.2) is 28.8 Å². The molecule has 2 N–H and O–H groups in total. The predicted molar refractivity (Wildman–Crippen MR) is 52.7 cm³/mol. The molecular weight excluding hydrogens is 178 g/mol. The molecule has 0 aliphatic rings. The van der Waals surface area contributed by atoms with E-state index in [4.69, 9.17) is 5.73 Å². The van der Waals surface area contributed by atoms with Gasteiger partial charge in [0.05, 0.1) is 0 Å². The average molecular weight is 189 g/mol. The zero-order chi connectivity index (χ0) is 9.97. The summed E-state index contributed by atoms with van der Waals surface area (Å²) in [6.07, 6.45) is 0.655. The lowest BCUT2D eigenvalue weighted by molar-refractivity contribution is 0.428. The molecule has 0 radical (unpaired) electrons. The molecule has 0 saturated heterocycles. The molecule has 0 unspecified atom stereocenters. The summed E-state index contributed by atoms with van der Waals surface area (Å²) in [6.45, 7) is 2.05. The zero-order valence-corrected chi connectivity index (χ0v) is 7.90. The summed E-state index contributed by atoms with van der Waals surface area (Å²) in [5.41, 5.74) is 7.70. The predicted octanol–water partition coefficient (Wildman–Crippen LogP) is 1.55. The fourth-order valence-electron chi connectivity index (χ4n) is 1.34. The van der Waals surface area contributed by atoms with Crippen LogP contribution in [0.2, 0.25) is 0 Å². The summed E-state index contributed by atoms with van der Waals surface area (Å²) in [5.74, 6) is 0.619. The molecule has 4 nitrogen and oxygen atoms in total. The number of hydrogen-bond donors (Lipinski definition) is 1. The van der Waals surface area contributed by atoms with Gasteiger partial charge in [0.25, 0.3) is 0 Å². The Hall–Kier alpha value is -1.84. The van der Waals surface area contributed by atoms with Crippen molar-refractivity contribution >= 4 is 6.01 Å². The van der Waals surface area contributed by atoms with E-state index in [0.29, 0.717) is 12.2 Å². The molecule has 0 fully saturated rings. The Bertz CT molecular complexity index is 436. The molecule has 0 aliphatic heterocycles. The van der Waals surface area contributed by atoms with Gasteiger partial charge in [0.15, 0.2) is 5.82 Å². The third kappa shape index (κ3) is 1.90. The van der Waals surface area contributed by atoms with Crippen molar-refractivity contribution < 1.29 is 4.52 Å². The van der Waals surface area contributed by atoms with Gasteiger partial charge >= 0.3 is 6.01 Å². The van der Waals surface area contributed by atoms with Crippen LogP contribution in [0.3, 0.4) is 0 Å². The SMILES string of the molecule is Cc1cccc(Cc2noc(N)n2)c1. The summed E-state index contributed by atoms with van der Waals surface area (Å²) in [4.78, 5) is 3.94. The number of aromatic nitrogens is 2. The fourth-order valence-corrected chi connectivity index (χ4v) is 1.34. The maximum absolute atomic E-state index is 5.32. The summed E-state index contributed by atoms with van der Waals surface area (Å²) in [6, 6.07) is 8.29. The van der Waals surface area contributed by atoms with Gasteiger partial charge in [-0.1, -0.05) is 35.0 Å². The Balaban J connectivity index is 2.18. The van der Waals surface area contributed by atoms with Gasteiger partial charge in [-0.15, -0.1) is 0 Å². The molecule has 4 heteroatoms. The zero-order valence-electron chi connectivity index (χ0n) is 7.90. The van der Waals surface area contributed by atoms with Gasteiger partial charge in [-0.3, -0.25) is 0 Å². The van der Waals surface area contributed by atoms with Crippen molar-refractivity contribution in [3.63, 3.8) is 0 Å². The number of aryl methyl sites for hydroxylation is 1.